The van der Waals surface area contributed by atoms with Gasteiger partial charge in [0, 0.05) is 32.8 Å². The highest BCUT2D eigenvalue weighted by atomic mass is 15.2. The summed E-state index contributed by atoms with van der Waals surface area (Å²) in [6, 6.07) is 1.97. The highest BCUT2D eigenvalue weighted by Gasteiger charge is 2.21. The Hall–Kier alpha value is -1.20. The van der Waals surface area contributed by atoms with Crippen LogP contribution in [-0.2, 0) is 6.42 Å². The fourth-order valence-electron chi connectivity index (χ4n) is 2.51. The van der Waals surface area contributed by atoms with E-state index in [1.54, 1.807) is 0 Å². The molecular formula is C13H23N5. The van der Waals surface area contributed by atoms with Gasteiger partial charge in [-0.2, -0.15) is 0 Å². The van der Waals surface area contributed by atoms with Crippen molar-refractivity contribution in [2.75, 3.05) is 45.2 Å². The lowest BCUT2D eigenvalue weighted by Gasteiger charge is -2.22. The predicted octanol–water partition coefficient (Wildman–Crippen LogP) is 0.366. The van der Waals surface area contributed by atoms with Gasteiger partial charge in [-0.15, -0.1) is 0 Å². The fourth-order valence-corrected chi connectivity index (χ4v) is 2.51. The van der Waals surface area contributed by atoms with Gasteiger partial charge in [0.15, 0.2) is 0 Å². The lowest BCUT2D eigenvalue weighted by molar-refractivity contribution is 0.395. The second-order valence-electron chi connectivity index (χ2n) is 5.17. The van der Waals surface area contributed by atoms with Gasteiger partial charge < -0.3 is 15.5 Å². The van der Waals surface area contributed by atoms with E-state index >= 15 is 0 Å². The third-order valence-electron chi connectivity index (χ3n) is 3.47. The molecule has 1 aromatic heterocycles. The van der Waals surface area contributed by atoms with E-state index in [2.05, 4.69) is 33.9 Å². The third-order valence-corrected chi connectivity index (χ3v) is 3.47. The predicted molar refractivity (Wildman–Crippen MR) is 73.7 cm³/mol. The van der Waals surface area contributed by atoms with Crippen LogP contribution in [0.25, 0.3) is 0 Å². The molecule has 0 aromatic carbocycles. The molecule has 0 spiro atoms. The molecule has 5 nitrogen and oxygen atoms in total. The van der Waals surface area contributed by atoms with Crippen LogP contribution in [0.1, 0.15) is 12.2 Å². The van der Waals surface area contributed by atoms with E-state index in [9.17, 15) is 0 Å². The van der Waals surface area contributed by atoms with Crippen molar-refractivity contribution >= 4 is 5.82 Å². The van der Waals surface area contributed by atoms with E-state index in [4.69, 9.17) is 5.73 Å². The molecule has 5 heteroatoms. The number of likely N-dealkylation sites (tertiary alicyclic amines) is 1. The van der Waals surface area contributed by atoms with Gasteiger partial charge in [0.25, 0.3) is 0 Å². The van der Waals surface area contributed by atoms with Gasteiger partial charge >= 0.3 is 0 Å². The molecule has 1 aliphatic rings. The molecule has 1 fully saturated rings. The molecule has 2 N–H and O–H groups in total. The summed E-state index contributed by atoms with van der Waals surface area (Å²) in [5.41, 5.74) is 5.53. The SMILES string of the molecule is CN1CCC(CN(C)c2ccnc(CCN)n2)C1. The van der Waals surface area contributed by atoms with Gasteiger partial charge in [-0.3, -0.25) is 0 Å². The van der Waals surface area contributed by atoms with E-state index in [0.717, 1.165) is 30.5 Å². The molecular weight excluding hydrogens is 226 g/mol. The monoisotopic (exact) mass is 249 g/mol. The van der Waals surface area contributed by atoms with Crippen LogP contribution in [0.4, 0.5) is 5.82 Å². The molecule has 1 saturated heterocycles. The first-order chi connectivity index (χ1) is 8.69. The quantitative estimate of drug-likeness (QED) is 0.817. The van der Waals surface area contributed by atoms with Gasteiger partial charge in [0.05, 0.1) is 0 Å². The van der Waals surface area contributed by atoms with Gasteiger partial charge in [0.2, 0.25) is 0 Å². The average Bonchev–Trinajstić information content (AvgIpc) is 2.75. The van der Waals surface area contributed by atoms with Crippen molar-refractivity contribution < 1.29 is 0 Å². The highest BCUT2D eigenvalue weighted by molar-refractivity contribution is 5.36. The van der Waals surface area contributed by atoms with Crippen molar-refractivity contribution in [3.63, 3.8) is 0 Å². The van der Waals surface area contributed by atoms with Crippen LogP contribution >= 0.6 is 0 Å². The smallest absolute Gasteiger partial charge is 0.131 e. The Labute approximate surface area is 109 Å². The summed E-state index contributed by atoms with van der Waals surface area (Å²) in [4.78, 5) is 13.4. The molecule has 18 heavy (non-hydrogen) atoms. The molecule has 1 unspecified atom stereocenters. The van der Waals surface area contributed by atoms with Crippen molar-refractivity contribution in [1.82, 2.24) is 14.9 Å². The van der Waals surface area contributed by atoms with Gasteiger partial charge in [0.1, 0.15) is 11.6 Å². The highest BCUT2D eigenvalue weighted by Crippen LogP contribution is 2.18. The summed E-state index contributed by atoms with van der Waals surface area (Å²) >= 11 is 0. The van der Waals surface area contributed by atoms with Crippen LogP contribution in [0, 0.1) is 5.92 Å². The fraction of sp³-hybridized carbons (Fsp3) is 0.692. The standard InChI is InChI=1S/C13H23N5/c1-17-8-5-11(9-17)10-18(2)13-4-7-15-12(16-13)3-6-14/h4,7,11H,3,5-6,8-10,14H2,1-2H3. The molecule has 0 radical (unpaired) electrons. The van der Waals surface area contributed by atoms with Gasteiger partial charge in [-0.25, -0.2) is 9.97 Å². The van der Waals surface area contributed by atoms with Crippen LogP contribution in [0.3, 0.4) is 0 Å². The number of hydrogen-bond acceptors (Lipinski definition) is 5. The third kappa shape index (κ3) is 3.40. The van der Waals surface area contributed by atoms with Crippen LogP contribution in [0.15, 0.2) is 12.3 Å². The maximum atomic E-state index is 5.53. The summed E-state index contributed by atoms with van der Waals surface area (Å²) in [5, 5.41) is 0. The molecule has 1 aliphatic heterocycles. The minimum absolute atomic E-state index is 0.598. The summed E-state index contributed by atoms with van der Waals surface area (Å²) in [7, 11) is 4.29. The number of nitrogens with zero attached hydrogens (tertiary/aromatic N) is 4. The number of aromatic nitrogens is 2. The first-order valence-electron chi connectivity index (χ1n) is 6.60. The van der Waals surface area contributed by atoms with Crippen molar-refractivity contribution in [3.05, 3.63) is 18.1 Å². The van der Waals surface area contributed by atoms with Crippen LogP contribution in [0.5, 0.6) is 0 Å². The topological polar surface area (TPSA) is 58.3 Å². The zero-order chi connectivity index (χ0) is 13.0. The Kier molecular flexibility index (Phi) is 4.49. The normalized spacial score (nSPS) is 20.3. The Morgan fingerprint density at radius 2 is 2.39 bits per heavy atom. The minimum atomic E-state index is 0.598. The first-order valence-corrected chi connectivity index (χ1v) is 6.60. The average molecular weight is 249 g/mol. The van der Waals surface area contributed by atoms with E-state index in [1.165, 1.54) is 19.5 Å². The van der Waals surface area contributed by atoms with E-state index in [1.807, 2.05) is 12.3 Å². The van der Waals surface area contributed by atoms with E-state index < -0.39 is 0 Å². The van der Waals surface area contributed by atoms with Crippen molar-refractivity contribution in [3.8, 4) is 0 Å². The Morgan fingerprint density at radius 1 is 1.56 bits per heavy atom. The van der Waals surface area contributed by atoms with Crippen LogP contribution in [0.2, 0.25) is 0 Å². The van der Waals surface area contributed by atoms with Gasteiger partial charge in [-0.05, 0) is 38.5 Å². The Morgan fingerprint density at radius 3 is 3.06 bits per heavy atom. The zero-order valence-electron chi connectivity index (χ0n) is 11.3. The Balaban J connectivity index is 1.95. The second kappa shape index (κ2) is 6.11. The molecule has 0 saturated carbocycles. The molecule has 1 aromatic rings. The molecule has 0 bridgehead atoms. The number of hydrogen-bond donors (Lipinski definition) is 1. The minimum Gasteiger partial charge on any atom is -0.359 e. The number of nitrogens with two attached hydrogens (primary N) is 1. The number of anilines is 1. The molecule has 1 atom stereocenters. The van der Waals surface area contributed by atoms with Crippen molar-refractivity contribution in [2.45, 2.75) is 12.8 Å². The van der Waals surface area contributed by atoms with Crippen molar-refractivity contribution in [2.24, 2.45) is 11.7 Å². The van der Waals surface area contributed by atoms with Crippen LogP contribution in [-0.4, -0.2) is 55.1 Å². The molecule has 2 rings (SSSR count). The Bertz CT molecular complexity index is 381. The maximum Gasteiger partial charge on any atom is 0.131 e. The summed E-state index contributed by atoms with van der Waals surface area (Å²) < 4.78 is 0. The lowest BCUT2D eigenvalue weighted by Crippen LogP contribution is -2.28. The molecule has 2 heterocycles. The van der Waals surface area contributed by atoms with Crippen molar-refractivity contribution in [1.29, 1.82) is 0 Å². The van der Waals surface area contributed by atoms with E-state index in [-0.39, 0.29) is 0 Å². The number of rotatable bonds is 5. The molecule has 100 valence electrons. The van der Waals surface area contributed by atoms with Gasteiger partial charge in [-0.1, -0.05) is 0 Å². The zero-order valence-corrected chi connectivity index (χ0v) is 11.3. The summed E-state index contributed by atoms with van der Waals surface area (Å²) in [6.45, 7) is 4.05. The van der Waals surface area contributed by atoms with Crippen LogP contribution < -0.4 is 10.6 Å². The molecule has 0 aliphatic carbocycles. The molecule has 0 amide bonds. The maximum absolute atomic E-state index is 5.53. The summed E-state index contributed by atoms with van der Waals surface area (Å²) in [6.07, 6.45) is 3.85. The second-order valence-corrected chi connectivity index (χ2v) is 5.17. The first kappa shape index (κ1) is 13.2. The summed E-state index contributed by atoms with van der Waals surface area (Å²) in [5.74, 6) is 2.58. The largest absolute Gasteiger partial charge is 0.359 e. The van der Waals surface area contributed by atoms with E-state index in [0.29, 0.717) is 6.54 Å². The lowest BCUT2D eigenvalue weighted by atomic mass is 10.1.